The average molecular weight is 334 g/mol. The minimum atomic E-state index is -0.488. The first kappa shape index (κ1) is 17.5. The lowest BCUT2D eigenvalue weighted by atomic mass is 9.81. The number of thiazole rings is 1. The van der Waals surface area contributed by atoms with Crippen LogP contribution in [0.15, 0.2) is 24.7 Å². The predicted molar refractivity (Wildman–Crippen MR) is 90.1 cm³/mol. The van der Waals surface area contributed by atoms with E-state index in [0.29, 0.717) is 22.3 Å². The van der Waals surface area contributed by atoms with Crippen LogP contribution in [0, 0.1) is 11.3 Å². The van der Waals surface area contributed by atoms with E-state index in [9.17, 15) is 9.90 Å². The van der Waals surface area contributed by atoms with Gasteiger partial charge >= 0.3 is 0 Å². The average Bonchev–Trinajstić information content (AvgIpc) is 3.02. The third-order valence-corrected chi connectivity index (χ3v) is 4.62. The maximum atomic E-state index is 12.3. The fourth-order valence-corrected chi connectivity index (χ4v) is 3.07. The van der Waals surface area contributed by atoms with Gasteiger partial charge in [-0.1, -0.05) is 27.7 Å². The molecule has 1 atom stereocenters. The molecular weight excluding hydrogens is 312 g/mol. The maximum Gasteiger partial charge on any atom is 0.263 e. The Morgan fingerprint density at radius 2 is 1.96 bits per heavy atom. The molecule has 0 saturated heterocycles. The van der Waals surface area contributed by atoms with Crippen LogP contribution in [-0.2, 0) is 0 Å². The van der Waals surface area contributed by atoms with E-state index in [1.165, 1.54) is 17.5 Å². The molecule has 0 aliphatic rings. The third kappa shape index (κ3) is 4.33. The number of carbonyl (C=O) groups excluding carboxylic acids is 1. The number of carbonyl (C=O) groups is 1. The predicted octanol–water partition coefficient (Wildman–Crippen LogP) is 2.37. The van der Waals surface area contributed by atoms with Crippen LogP contribution in [-0.4, -0.2) is 38.6 Å². The van der Waals surface area contributed by atoms with E-state index >= 15 is 0 Å². The Morgan fingerprint density at radius 3 is 2.57 bits per heavy atom. The monoisotopic (exact) mass is 334 g/mol. The van der Waals surface area contributed by atoms with E-state index in [2.05, 4.69) is 20.3 Å². The molecule has 0 saturated carbocycles. The maximum absolute atomic E-state index is 12.3. The normalized spacial score (nSPS) is 13.1. The minimum Gasteiger partial charge on any atom is -0.392 e. The SMILES string of the molecule is CC(C)C(O)C(C)(C)CNC(=O)c1cnc(-c2ncccn2)s1. The van der Waals surface area contributed by atoms with Gasteiger partial charge in [-0.25, -0.2) is 15.0 Å². The molecule has 0 aliphatic heterocycles. The quantitative estimate of drug-likeness (QED) is 0.847. The zero-order valence-corrected chi connectivity index (χ0v) is 14.6. The van der Waals surface area contributed by atoms with Gasteiger partial charge in [0.25, 0.3) is 5.91 Å². The van der Waals surface area contributed by atoms with Crippen molar-refractivity contribution in [2.75, 3.05) is 6.54 Å². The van der Waals surface area contributed by atoms with E-state index in [4.69, 9.17) is 0 Å². The smallest absolute Gasteiger partial charge is 0.263 e. The zero-order chi connectivity index (χ0) is 17.0. The Kier molecular flexibility index (Phi) is 5.43. The molecule has 23 heavy (non-hydrogen) atoms. The van der Waals surface area contributed by atoms with Crippen molar-refractivity contribution in [1.82, 2.24) is 20.3 Å². The first-order valence-corrected chi connectivity index (χ1v) is 8.32. The van der Waals surface area contributed by atoms with E-state index < -0.39 is 11.5 Å². The summed E-state index contributed by atoms with van der Waals surface area (Å²) in [6.07, 6.45) is 4.31. The highest BCUT2D eigenvalue weighted by Gasteiger charge is 2.30. The number of aliphatic hydroxyl groups is 1. The molecule has 0 radical (unpaired) electrons. The van der Waals surface area contributed by atoms with Crippen LogP contribution >= 0.6 is 11.3 Å². The topological polar surface area (TPSA) is 88.0 Å². The fourth-order valence-electron chi connectivity index (χ4n) is 2.29. The van der Waals surface area contributed by atoms with Crippen molar-refractivity contribution < 1.29 is 9.90 Å². The molecule has 6 nitrogen and oxygen atoms in total. The summed E-state index contributed by atoms with van der Waals surface area (Å²) in [5.74, 6) is 0.438. The number of nitrogens with one attached hydrogen (secondary N) is 1. The van der Waals surface area contributed by atoms with Crippen LogP contribution in [0.25, 0.3) is 10.8 Å². The van der Waals surface area contributed by atoms with E-state index in [-0.39, 0.29) is 11.8 Å². The van der Waals surface area contributed by atoms with E-state index in [1.807, 2.05) is 27.7 Å². The second-order valence-corrected chi connectivity index (χ2v) is 7.49. The largest absolute Gasteiger partial charge is 0.392 e. The van der Waals surface area contributed by atoms with Crippen molar-refractivity contribution in [2.45, 2.75) is 33.8 Å². The van der Waals surface area contributed by atoms with Crippen LogP contribution in [0.3, 0.4) is 0 Å². The van der Waals surface area contributed by atoms with Crippen molar-refractivity contribution in [2.24, 2.45) is 11.3 Å². The molecule has 2 aromatic rings. The molecule has 2 heterocycles. The van der Waals surface area contributed by atoms with Crippen LogP contribution in [0.4, 0.5) is 0 Å². The fraction of sp³-hybridized carbons (Fsp3) is 0.500. The van der Waals surface area contributed by atoms with Gasteiger partial charge in [0.1, 0.15) is 4.88 Å². The summed E-state index contributed by atoms with van der Waals surface area (Å²) in [4.78, 5) is 25.2. The molecule has 0 spiro atoms. The van der Waals surface area contributed by atoms with Gasteiger partial charge in [0.15, 0.2) is 10.8 Å². The highest BCUT2D eigenvalue weighted by atomic mass is 32.1. The number of amides is 1. The van der Waals surface area contributed by atoms with Gasteiger partial charge in [0.05, 0.1) is 12.3 Å². The summed E-state index contributed by atoms with van der Waals surface area (Å²) in [6.45, 7) is 8.19. The number of aromatic nitrogens is 3. The van der Waals surface area contributed by atoms with Crippen LogP contribution in [0.5, 0.6) is 0 Å². The molecule has 2 N–H and O–H groups in total. The molecule has 0 bridgehead atoms. The first-order chi connectivity index (χ1) is 10.8. The molecule has 2 rings (SSSR count). The summed E-state index contributed by atoms with van der Waals surface area (Å²) < 4.78 is 0. The standard InChI is InChI=1S/C16H22N4O2S/c1-10(2)12(21)16(3,4)9-20-14(22)11-8-19-15(23-11)13-17-6-5-7-18-13/h5-8,10,12,21H,9H2,1-4H3,(H,20,22). The van der Waals surface area contributed by atoms with Crippen molar-refractivity contribution in [1.29, 1.82) is 0 Å². The molecular formula is C16H22N4O2S. The number of hydrogen-bond donors (Lipinski definition) is 2. The Balaban J connectivity index is 2.01. The number of hydrogen-bond acceptors (Lipinski definition) is 6. The van der Waals surface area contributed by atoms with Gasteiger partial charge in [-0.2, -0.15) is 0 Å². The number of aliphatic hydroxyl groups excluding tert-OH is 1. The van der Waals surface area contributed by atoms with Crippen molar-refractivity contribution in [3.8, 4) is 10.8 Å². The van der Waals surface area contributed by atoms with Gasteiger partial charge in [-0.05, 0) is 12.0 Å². The van der Waals surface area contributed by atoms with Gasteiger partial charge in [0, 0.05) is 24.4 Å². The highest BCUT2D eigenvalue weighted by molar-refractivity contribution is 7.16. The van der Waals surface area contributed by atoms with Gasteiger partial charge in [-0.3, -0.25) is 4.79 Å². The van der Waals surface area contributed by atoms with Crippen LogP contribution in [0.1, 0.15) is 37.4 Å². The lowest BCUT2D eigenvalue weighted by molar-refractivity contribution is 0.0138. The van der Waals surface area contributed by atoms with Gasteiger partial charge in [0.2, 0.25) is 0 Å². The van der Waals surface area contributed by atoms with Crippen LogP contribution < -0.4 is 5.32 Å². The molecule has 7 heteroatoms. The summed E-state index contributed by atoms with van der Waals surface area (Å²) in [7, 11) is 0. The Bertz CT molecular complexity index is 655. The summed E-state index contributed by atoms with van der Waals surface area (Å²) in [5.41, 5.74) is -0.403. The molecule has 0 aliphatic carbocycles. The van der Waals surface area contributed by atoms with Crippen molar-refractivity contribution >= 4 is 17.2 Å². The van der Waals surface area contributed by atoms with Crippen molar-refractivity contribution in [3.05, 3.63) is 29.5 Å². The summed E-state index contributed by atoms with van der Waals surface area (Å²) >= 11 is 1.25. The van der Waals surface area contributed by atoms with Gasteiger partial charge < -0.3 is 10.4 Å². The van der Waals surface area contributed by atoms with Gasteiger partial charge in [-0.15, -0.1) is 11.3 Å². The first-order valence-electron chi connectivity index (χ1n) is 7.51. The highest BCUT2D eigenvalue weighted by Crippen LogP contribution is 2.26. The Morgan fingerprint density at radius 1 is 1.30 bits per heavy atom. The number of rotatable bonds is 6. The lowest BCUT2D eigenvalue weighted by Gasteiger charge is -2.33. The van der Waals surface area contributed by atoms with Crippen molar-refractivity contribution in [3.63, 3.8) is 0 Å². The van der Waals surface area contributed by atoms with E-state index in [1.54, 1.807) is 18.5 Å². The summed E-state index contributed by atoms with van der Waals surface area (Å²) in [5, 5.41) is 13.7. The molecule has 1 amide bonds. The second-order valence-electron chi connectivity index (χ2n) is 6.46. The molecule has 0 aromatic carbocycles. The Hall–Kier alpha value is -1.86. The third-order valence-electron chi connectivity index (χ3n) is 3.62. The second kappa shape index (κ2) is 7.14. The lowest BCUT2D eigenvalue weighted by Crippen LogP contribution is -2.43. The molecule has 124 valence electrons. The zero-order valence-electron chi connectivity index (χ0n) is 13.8. The molecule has 2 aromatic heterocycles. The molecule has 1 unspecified atom stereocenters. The molecule has 0 fully saturated rings. The minimum absolute atomic E-state index is 0.132. The Labute approximate surface area is 140 Å². The van der Waals surface area contributed by atoms with E-state index in [0.717, 1.165) is 0 Å². The number of nitrogens with zero attached hydrogens (tertiary/aromatic N) is 3. The van der Waals surface area contributed by atoms with Crippen LogP contribution in [0.2, 0.25) is 0 Å². The summed E-state index contributed by atoms with van der Waals surface area (Å²) in [6, 6.07) is 1.73.